The van der Waals surface area contributed by atoms with E-state index in [1.165, 1.54) is 11.8 Å². The molecular weight excluding hydrogens is 338 g/mol. The molecule has 2 aromatic carbocycles. The minimum Gasteiger partial charge on any atom is -0.494 e. The van der Waals surface area contributed by atoms with Gasteiger partial charge in [-0.15, -0.1) is 5.10 Å². The van der Waals surface area contributed by atoms with Crippen molar-refractivity contribution in [3.8, 4) is 11.4 Å². The first-order valence-corrected chi connectivity index (χ1v) is 8.57. The molecule has 0 aliphatic heterocycles. The molecule has 25 heavy (non-hydrogen) atoms. The van der Waals surface area contributed by atoms with Gasteiger partial charge in [-0.3, -0.25) is 4.79 Å². The Hall–Kier alpha value is -2.87. The van der Waals surface area contributed by atoms with E-state index in [1.807, 2.05) is 55.5 Å². The average molecular weight is 355 g/mol. The smallest absolute Gasteiger partial charge is 0.234 e. The van der Waals surface area contributed by atoms with Crippen molar-refractivity contribution in [3.63, 3.8) is 0 Å². The topological polar surface area (TPSA) is 81.9 Å². The molecule has 0 saturated heterocycles. The molecule has 128 valence electrons. The highest BCUT2D eigenvalue weighted by Gasteiger charge is 2.14. The monoisotopic (exact) mass is 355 g/mol. The maximum absolute atomic E-state index is 12.2. The second kappa shape index (κ2) is 7.80. The van der Waals surface area contributed by atoms with Gasteiger partial charge in [-0.2, -0.15) is 4.68 Å². The fourth-order valence-corrected chi connectivity index (χ4v) is 2.96. The van der Waals surface area contributed by atoms with Crippen LogP contribution in [0.3, 0.4) is 0 Å². The number of nitrogens with zero attached hydrogens (tertiary/aromatic N) is 4. The van der Waals surface area contributed by atoms with Gasteiger partial charge in [-0.25, -0.2) is 0 Å². The number of anilines is 1. The van der Waals surface area contributed by atoms with Crippen LogP contribution in [0.15, 0.2) is 53.7 Å². The summed E-state index contributed by atoms with van der Waals surface area (Å²) in [5.74, 6) is 0.731. The summed E-state index contributed by atoms with van der Waals surface area (Å²) in [6.45, 7) is 1.98. The molecule has 0 unspecified atom stereocenters. The highest BCUT2D eigenvalue weighted by atomic mass is 32.2. The van der Waals surface area contributed by atoms with Crippen LogP contribution in [0, 0.1) is 6.92 Å². The Morgan fingerprint density at radius 2 is 2.08 bits per heavy atom. The van der Waals surface area contributed by atoms with E-state index >= 15 is 0 Å². The van der Waals surface area contributed by atoms with Crippen molar-refractivity contribution in [3.05, 3.63) is 54.1 Å². The van der Waals surface area contributed by atoms with Gasteiger partial charge in [0.1, 0.15) is 11.4 Å². The van der Waals surface area contributed by atoms with Crippen molar-refractivity contribution >= 4 is 23.4 Å². The molecule has 7 nitrogen and oxygen atoms in total. The van der Waals surface area contributed by atoms with E-state index < -0.39 is 0 Å². The number of benzene rings is 2. The number of para-hydroxylation sites is 2. The molecule has 1 N–H and O–H groups in total. The third-order valence-corrected chi connectivity index (χ3v) is 4.31. The maximum atomic E-state index is 12.2. The predicted octanol–water partition coefficient (Wildman–Crippen LogP) is 2.71. The first kappa shape index (κ1) is 17.0. The maximum Gasteiger partial charge on any atom is 0.234 e. The lowest BCUT2D eigenvalue weighted by Crippen LogP contribution is -2.14. The molecule has 0 bridgehead atoms. The molecule has 0 radical (unpaired) electrons. The van der Waals surface area contributed by atoms with E-state index in [2.05, 4.69) is 20.8 Å². The average Bonchev–Trinajstić information content (AvgIpc) is 3.08. The zero-order chi connectivity index (χ0) is 17.6. The molecule has 0 spiro atoms. The van der Waals surface area contributed by atoms with Crippen molar-refractivity contribution in [1.82, 2.24) is 20.2 Å². The van der Waals surface area contributed by atoms with Gasteiger partial charge in [0, 0.05) is 5.69 Å². The van der Waals surface area contributed by atoms with Crippen LogP contribution >= 0.6 is 11.8 Å². The largest absolute Gasteiger partial charge is 0.494 e. The second-order valence-corrected chi connectivity index (χ2v) is 6.19. The number of hydrogen-bond acceptors (Lipinski definition) is 6. The Labute approximate surface area is 149 Å². The van der Waals surface area contributed by atoms with Crippen molar-refractivity contribution in [2.75, 3.05) is 18.2 Å². The van der Waals surface area contributed by atoms with Crippen molar-refractivity contribution < 1.29 is 9.53 Å². The number of carbonyl (C=O) groups excluding carboxylic acids is 1. The highest BCUT2D eigenvalue weighted by molar-refractivity contribution is 7.99. The van der Waals surface area contributed by atoms with Crippen LogP contribution in [0.2, 0.25) is 0 Å². The molecule has 0 saturated carbocycles. The number of tetrazole rings is 1. The number of aromatic nitrogens is 4. The van der Waals surface area contributed by atoms with Crippen LogP contribution in [0.5, 0.6) is 5.75 Å². The van der Waals surface area contributed by atoms with Crippen LogP contribution in [0.4, 0.5) is 5.69 Å². The van der Waals surface area contributed by atoms with Crippen LogP contribution < -0.4 is 10.1 Å². The summed E-state index contributed by atoms with van der Waals surface area (Å²) in [7, 11) is 1.59. The molecule has 0 aliphatic carbocycles. The number of amides is 1. The van der Waals surface area contributed by atoms with Gasteiger partial charge in [0.25, 0.3) is 0 Å². The number of hydrogen-bond donors (Lipinski definition) is 1. The summed E-state index contributed by atoms with van der Waals surface area (Å²) in [4.78, 5) is 12.2. The lowest BCUT2D eigenvalue weighted by molar-refractivity contribution is -0.113. The van der Waals surface area contributed by atoms with Crippen LogP contribution in [-0.2, 0) is 4.79 Å². The van der Waals surface area contributed by atoms with E-state index in [1.54, 1.807) is 11.8 Å². The Kier molecular flexibility index (Phi) is 5.30. The SMILES string of the molecule is COc1ccccc1-n1nnnc1SCC(=O)Nc1cccc(C)c1. The van der Waals surface area contributed by atoms with Crippen molar-refractivity contribution in [2.45, 2.75) is 12.1 Å². The van der Waals surface area contributed by atoms with E-state index in [0.717, 1.165) is 16.9 Å². The van der Waals surface area contributed by atoms with Crippen LogP contribution in [0.1, 0.15) is 5.56 Å². The summed E-state index contributed by atoms with van der Waals surface area (Å²) >= 11 is 1.26. The van der Waals surface area contributed by atoms with Gasteiger partial charge in [-0.1, -0.05) is 36.0 Å². The Bertz CT molecular complexity index is 881. The minimum atomic E-state index is -0.120. The summed E-state index contributed by atoms with van der Waals surface area (Å²) in [6.07, 6.45) is 0. The third-order valence-electron chi connectivity index (χ3n) is 3.39. The Morgan fingerprint density at radius 1 is 1.24 bits per heavy atom. The summed E-state index contributed by atoms with van der Waals surface area (Å²) in [5, 5.41) is 15.1. The van der Waals surface area contributed by atoms with Gasteiger partial charge in [-0.05, 0) is 47.2 Å². The molecule has 0 fully saturated rings. The molecule has 3 aromatic rings. The zero-order valence-electron chi connectivity index (χ0n) is 13.8. The number of rotatable bonds is 6. The lowest BCUT2D eigenvalue weighted by Gasteiger charge is -2.09. The molecule has 0 atom stereocenters. The van der Waals surface area contributed by atoms with Crippen LogP contribution in [0.25, 0.3) is 5.69 Å². The number of carbonyl (C=O) groups is 1. The number of methoxy groups -OCH3 is 1. The van der Waals surface area contributed by atoms with Gasteiger partial charge in [0.2, 0.25) is 11.1 Å². The predicted molar refractivity (Wildman–Crippen MR) is 96.2 cm³/mol. The van der Waals surface area contributed by atoms with E-state index in [9.17, 15) is 4.79 Å². The molecule has 1 heterocycles. The Balaban J connectivity index is 1.68. The van der Waals surface area contributed by atoms with Gasteiger partial charge in [0.15, 0.2) is 0 Å². The first-order chi connectivity index (χ1) is 12.2. The second-order valence-electron chi connectivity index (χ2n) is 5.25. The van der Waals surface area contributed by atoms with Gasteiger partial charge in [0.05, 0.1) is 12.9 Å². The molecule has 8 heteroatoms. The third kappa shape index (κ3) is 4.16. The number of ether oxygens (including phenoxy) is 1. The Morgan fingerprint density at radius 3 is 2.88 bits per heavy atom. The van der Waals surface area contributed by atoms with Crippen molar-refractivity contribution in [2.24, 2.45) is 0 Å². The van der Waals surface area contributed by atoms with E-state index in [4.69, 9.17) is 4.74 Å². The minimum absolute atomic E-state index is 0.120. The summed E-state index contributed by atoms with van der Waals surface area (Å²) in [5.41, 5.74) is 2.58. The number of nitrogens with one attached hydrogen (secondary N) is 1. The molecule has 3 rings (SSSR count). The standard InChI is InChI=1S/C17H17N5O2S/c1-12-6-5-7-13(10-12)18-16(23)11-25-17-19-20-21-22(17)14-8-3-4-9-15(14)24-2/h3-10H,11H2,1-2H3,(H,18,23). The van der Waals surface area contributed by atoms with Crippen LogP contribution in [-0.4, -0.2) is 39.0 Å². The normalized spacial score (nSPS) is 10.5. The number of thioether (sulfide) groups is 1. The fourth-order valence-electron chi connectivity index (χ4n) is 2.27. The molecule has 1 aromatic heterocycles. The van der Waals surface area contributed by atoms with Gasteiger partial charge < -0.3 is 10.1 Å². The van der Waals surface area contributed by atoms with Gasteiger partial charge >= 0.3 is 0 Å². The van der Waals surface area contributed by atoms with Crippen molar-refractivity contribution in [1.29, 1.82) is 0 Å². The fraction of sp³-hybridized carbons (Fsp3) is 0.176. The molecule has 0 aliphatic rings. The zero-order valence-corrected chi connectivity index (χ0v) is 14.7. The first-order valence-electron chi connectivity index (χ1n) is 7.58. The lowest BCUT2D eigenvalue weighted by atomic mass is 10.2. The highest BCUT2D eigenvalue weighted by Crippen LogP contribution is 2.25. The summed E-state index contributed by atoms with van der Waals surface area (Å²) in [6, 6.07) is 15.1. The summed E-state index contributed by atoms with van der Waals surface area (Å²) < 4.78 is 6.89. The quantitative estimate of drug-likeness (QED) is 0.685. The molecule has 1 amide bonds. The number of aryl methyl sites for hydroxylation is 1. The van der Waals surface area contributed by atoms with E-state index in [-0.39, 0.29) is 11.7 Å². The molecular formula is C17H17N5O2S. The van der Waals surface area contributed by atoms with E-state index in [0.29, 0.717) is 10.9 Å².